The summed E-state index contributed by atoms with van der Waals surface area (Å²) >= 11 is 1.81. The average Bonchev–Trinajstić information content (AvgIpc) is 2.77. The molecule has 1 aromatic carbocycles. The summed E-state index contributed by atoms with van der Waals surface area (Å²) in [6, 6.07) is 8.21. The third kappa shape index (κ3) is 2.88. The van der Waals surface area contributed by atoms with Crippen LogP contribution in [0.4, 0.5) is 11.4 Å². The van der Waals surface area contributed by atoms with Crippen molar-refractivity contribution >= 4 is 28.6 Å². The molecule has 0 saturated carbocycles. The van der Waals surface area contributed by atoms with Crippen LogP contribution in [0.25, 0.3) is 0 Å². The third-order valence-electron chi connectivity index (χ3n) is 3.54. The van der Waals surface area contributed by atoms with E-state index in [1.54, 1.807) is 0 Å². The van der Waals surface area contributed by atoms with Gasteiger partial charge < -0.3 is 15.4 Å². The summed E-state index contributed by atoms with van der Waals surface area (Å²) in [5.41, 5.74) is 3.01. The van der Waals surface area contributed by atoms with Crippen molar-refractivity contribution in [1.82, 2.24) is 0 Å². The third-order valence-corrected chi connectivity index (χ3v) is 4.52. The molecule has 0 fully saturated rings. The van der Waals surface area contributed by atoms with Crippen LogP contribution in [-0.4, -0.2) is 12.5 Å². The molecule has 5 heteroatoms. The zero-order chi connectivity index (χ0) is 15.0. The monoisotopic (exact) mass is 302 g/mol. The SMILES string of the molecule is Cc1cc(C(C)Nc2ccc3c(c2)NC(=O)CO3)c(C)s1. The minimum atomic E-state index is -0.114. The second-order valence-corrected chi connectivity index (χ2v) is 6.74. The lowest BCUT2D eigenvalue weighted by Gasteiger charge is -2.20. The lowest BCUT2D eigenvalue weighted by atomic mass is 10.1. The van der Waals surface area contributed by atoms with Crippen LogP contribution in [0.1, 0.15) is 28.3 Å². The molecule has 1 aromatic heterocycles. The Labute approximate surface area is 128 Å². The zero-order valence-electron chi connectivity index (χ0n) is 12.3. The molecular weight excluding hydrogens is 284 g/mol. The van der Waals surface area contributed by atoms with Gasteiger partial charge in [-0.05, 0) is 50.6 Å². The molecule has 2 heterocycles. The number of amides is 1. The Balaban J connectivity index is 1.80. The molecular formula is C16H18N2O2S. The number of hydrogen-bond acceptors (Lipinski definition) is 4. The van der Waals surface area contributed by atoms with E-state index < -0.39 is 0 Å². The fraction of sp³-hybridized carbons (Fsp3) is 0.312. The summed E-state index contributed by atoms with van der Waals surface area (Å²) < 4.78 is 5.36. The average molecular weight is 302 g/mol. The number of carbonyl (C=O) groups is 1. The topological polar surface area (TPSA) is 50.4 Å². The van der Waals surface area contributed by atoms with Crippen LogP contribution in [0.3, 0.4) is 0 Å². The van der Waals surface area contributed by atoms with Gasteiger partial charge in [0, 0.05) is 21.5 Å². The molecule has 0 spiro atoms. The molecule has 1 aliphatic rings. The fourth-order valence-corrected chi connectivity index (χ4v) is 3.60. The van der Waals surface area contributed by atoms with Crippen LogP contribution < -0.4 is 15.4 Å². The van der Waals surface area contributed by atoms with E-state index in [0.29, 0.717) is 0 Å². The highest BCUT2D eigenvalue weighted by molar-refractivity contribution is 7.12. The number of carbonyl (C=O) groups excluding carboxylic acids is 1. The maximum atomic E-state index is 11.4. The molecule has 0 radical (unpaired) electrons. The van der Waals surface area contributed by atoms with Crippen LogP contribution >= 0.6 is 11.3 Å². The summed E-state index contributed by atoms with van der Waals surface area (Å²) in [6.07, 6.45) is 0. The smallest absolute Gasteiger partial charge is 0.262 e. The minimum Gasteiger partial charge on any atom is -0.482 e. The number of nitrogens with one attached hydrogen (secondary N) is 2. The number of benzene rings is 1. The predicted octanol–water partition coefficient (Wildman–Crippen LogP) is 3.87. The number of thiophene rings is 1. The van der Waals surface area contributed by atoms with Crippen molar-refractivity contribution in [3.63, 3.8) is 0 Å². The molecule has 3 rings (SSSR count). The maximum Gasteiger partial charge on any atom is 0.262 e. The Morgan fingerprint density at radius 3 is 2.86 bits per heavy atom. The van der Waals surface area contributed by atoms with Crippen LogP contribution in [-0.2, 0) is 4.79 Å². The molecule has 4 nitrogen and oxygen atoms in total. The summed E-state index contributed by atoms with van der Waals surface area (Å²) in [5.74, 6) is 0.604. The van der Waals surface area contributed by atoms with E-state index in [4.69, 9.17) is 4.74 Å². The molecule has 110 valence electrons. The van der Waals surface area contributed by atoms with E-state index in [0.717, 1.165) is 17.1 Å². The minimum absolute atomic E-state index is 0.0869. The second-order valence-electron chi connectivity index (χ2n) is 5.28. The van der Waals surface area contributed by atoms with Crippen molar-refractivity contribution in [2.75, 3.05) is 17.2 Å². The van der Waals surface area contributed by atoms with Gasteiger partial charge in [-0.15, -0.1) is 11.3 Å². The number of fused-ring (bicyclic) bond motifs is 1. The Morgan fingerprint density at radius 1 is 1.33 bits per heavy atom. The number of hydrogen-bond donors (Lipinski definition) is 2. The predicted molar refractivity (Wildman–Crippen MR) is 86.4 cm³/mol. The first kappa shape index (κ1) is 13.9. The van der Waals surface area contributed by atoms with Gasteiger partial charge in [-0.25, -0.2) is 0 Å². The van der Waals surface area contributed by atoms with Crippen LogP contribution in [0.5, 0.6) is 5.75 Å². The van der Waals surface area contributed by atoms with Gasteiger partial charge >= 0.3 is 0 Å². The summed E-state index contributed by atoms with van der Waals surface area (Å²) in [6.45, 7) is 6.50. The van der Waals surface area contributed by atoms with E-state index in [-0.39, 0.29) is 18.6 Å². The van der Waals surface area contributed by atoms with Gasteiger partial charge in [0.1, 0.15) is 5.75 Å². The van der Waals surface area contributed by atoms with Gasteiger partial charge in [0.2, 0.25) is 0 Å². The maximum absolute atomic E-state index is 11.4. The van der Waals surface area contributed by atoms with E-state index in [2.05, 4.69) is 37.5 Å². The first-order valence-corrected chi connectivity index (χ1v) is 7.75. The summed E-state index contributed by atoms with van der Waals surface area (Å²) in [7, 11) is 0. The molecule has 1 unspecified atom stereocenters. The van der Waals surface area contributed by atoms with Crippen molar-refractivity contribution in [3.8, 4) is 5.75 Å². The zero-order valence-corrected chi connectivity index (χ0v) is 13.1. The van der Waals surface area contributed by atoms with Gasteiger partial charge in [0.05, 0.1) is 5.69 Å². The Kier molecular flexibility index (Phi) is 3.59. The van der Waals surface area contributed by atoms with E-state index in [1.165, 1.54) is 15.3 Å². The molecule has 21 heavy (non-hydrogen) atoms. The normalized spacial score (nSPS) is 14.9. The highest BCUT2D eigenvalue weighted by Crippen LogP contribution is 2.33. The fourth-order valence-electron chi connectivity index (χ4n) is 2.58. The molecule has 0 aliphatic carbocycles. The number of anilines is 2. The summed E-state index contributed by atoms with van der Waals surface area (Å²) in [4.78, 5) is 14.0. The Hall–Kier alpha value is -2.01. The van der Waals surface area contributed by atoms with Gasteiger partial charge in [-0.1, -0.05) is 0 Å². The van der Waals surface area contributed by atoms with Gasteiger partial charge in [-0.3, -0.25) is 4.79 Å². The molecule has 1 aliphatic heterocycles. The Morgan fingerprint density at radius 2 is 2.14 bits per heavy atom. The quantitative estimate of drug-likeness (QED) is 0.905. The molecule has 0 saturated heterocycles. The van der Waals surface area contributed by atoms with Crippen molar-refractivity contribution in [1.29, 1.82) is 0 Å². The van der Waals surface area contributed by atoms with E-state index in [1.807, 2.05) is 29.5 Å². The Bertz CT molecular complexity index is 694. The van der Waals surface area contributed by atoms with Crippen molar-refractivity contribution in [2.45, 2.75) is 26.8 Å². The molecule has 2 N–H and O–H groups in total. The largest absolute Gasteiger partial charge is 0.482 e. The molecule has 0 bridgehead atoms. The first-order valence-electron chi connectivity index (χ1n) is 6.93. The van der Waals surface area contributed by atoms with Crippen LogP contribution in [0, 0.1) is 13.8 Å². The van der Waals surface area contributed by atoms with Gasteiger partial charge in [0.15, 0.2) is 6.61 Å². The van der Waals surface area contributed by atoms with Crippen molar-refractivity contribution < 1.29 is 9.53 Å². The molecule has 1 amide bonds. The number of aryl methyl sites for hydroxylation is 2. The van der Waals surface area contributed by atoms with E-state index in [9.17, 15) is 4.79 Å². The lowest BCUT2D eigenvalue weighted by Crippen LogP contribution is -2.25. The lowest BCUT2D eigenvalue weighted by molar-refractivity contribution is -0.118. The van der Waals surface area contributed by atoms with Crippen molar-refractivity contribution in [2.24, 2.45) is 0 Å². The number of ether oxygens (including phenoxy) is 1. The highest BCUT2D eigenvalue weighted by atomic mass is 32.1. The van der Waals surface area contributed by atoms with Crippen molar-refractivity contribution in [3.05, 3.63) is 39.6 Å². The highest BCUT2D eigenvalue weighted by Gasteiger charge is 2.17. The second kappa shape index (κ2) is 5.41. The van der Waals surface area contributed by atoms with Crippen LogP contribution in [0.2, 0.25) is 0 Å². The molecule has 2 aromatic rings. The standard InChI is InChI=1S/C16H18N2O2S/c1-9-6-13(11(3)21-9)10(2)17-12-4-5-15-14(7-12)18-16(19)8-20-15/h4-7,10,17H,8H2,1-3H3,(H,18,19). The summed E-state index contributed by atoms with van der Waals surface area (Å²) in [5, 5.41) is 6.30. The van der Waals surface area contributed by atoms with E-state index >= 15 is 0 Å². The first-order chi connectivity index (χ1) is 10.0. The van der Waals surface area contributed by atoms with Crippen LogP contribution in [0.15, 0.2) is 24.3 Å². The number of rotatable bonds is 3. The van der Waals surface area contributed by atoms with Gasteiger partial charge in [0.25, 0.3) is 5.91 Å². The molecule has 1 atom stereocenters. The van der Waals surface area contributed by atoms with Gasteiger partial charge in [-0.2, -0.15) is 0 Å².